The van der Waals surface area contributed by atoms with Gasteiger partial charge in [-0.2, -0.15) is 0 Å². The van der Waals surface area contributed by atoms with E-state index in [4.69, 9.17) is 0 Å². The Bertz CT molecular complexity index is 506. The van der Waals surface area contributed by atoms with Crippen LogP contribution in [-0.4, -0.2) is 34.0 Å². The standard InChI is InChI=1S/C11H15NO3S/c1-8-4-5-9(16(3,14)15)6-10(8)11(13)7-12-2/h4-6,12H,7H2,1-3H3. The zero-order valence-corrected chi connectivity index (χ0v) is 10.4. The first-order valence-electron chi connectivity index (χ1n) is 4.84. The van der Waals surface area contributed by atoms with Crippen LogP contribution >= 0.6 is 0 Å². The number of aryl methyl sites for hydroxylation is 1. The quantitative estimate of drug-likeness (QED) is 0.792. The van der Waals surface area contributed by atoms with Gasteiger partial charge in [0.1, 0.15) is 0 Å². The van der Waals surface area contributed by atoms with Crippen molar-refractivity contribution in [2.45, 2.75) is 11.8 Å². The van der Waals surface area contributed by atoms with E-state index in [1.165, 1.54) is 12.1 Å². The molecule has 0 atom stereocenters. The third kappa shape index (κ3) is 2.90. The molecule has 1 aromatic rings. The van der Waals surface area contributed by atoms with E-state index in [0.717, 1.165) is 11.8 Å². The van der Waals surface area contributed by atoms with Crippen LogP contribution in [0, 0.1) is 6.92 Å². The number of hydrogen-bond donors (Lipinski definition) is 1. The predicted molar refractivity (Wildman–Crippen MR) is 62.5 cm³/mol. The number of ketones is 1. The molecule has 0 aliphatic heterocycles. The lowest BCUT2D eigenvalue weighted by Crippen LogP contribution is -2.19. The summed E-state index contributed by atoms with van der Waals surface area (Å²) in [5.74, 6) is -0.106. The van der Waals surface area contributed by atoms with Gasteiger partial charge in [0.05, 0.1) is 11.4 Å². The van der Waals surface area contributed by atoms with Crippen molar-refractivity contribution in [2.75, 3.05) is 19.8 Å². The topological polar surface area (TPSA) is 63.2 Å². The molecule has 4 nitrogen and oxygen atoms in total. The second kappa shape index (κ2) is 4.76. The van der Waals surface area contributed by atoms with Crippen molar-refractivity contribution >= 4 is 15.6 Å². The van der Waals surface area contributed by atoms with Crippen LogP contribution in [0.15, 0.2) is 23.1 Å². The van der Waals surface area contributed by atoms with Gasteiger partial charge in [0.15, 0.2) is 15.6 Å². The number of carbonyl (C=O) groups excluding carboxylic acids is 1. The minimum atomic E-state index is -3.26. The van der Waals surface area contributed by atoms with Gasteiger partial charge in [0.2, 0.25) is 0 Å². The van der Waals surface area contributed by atoms with Gasteiger partial charge in [-0.15, -0.1) is 0 Å². The first-order chi connectivity index (χ1) is 7.36. The molecule has 0 spiro atoms. The number of hydrogen-bond acceptors (Lipinski definition) is 4. The Morgan fingerprint density at radius 1 is 1.38 bits per heavy atom. The fourth-order valence-electron chi connectivity index (χ4n) is 1.39. The Kier molecular flexibility index (Phi) is 3.83. The van der Waals surface area contributed by atoms with E-state index in [-0.39, 0.29) is 17.2 Å². The lowest BCUT2D eigenvalue weighted by Gasteiger charge is -2.06. The summed E-state index contributed by atoms with van der Waals surface area (Å²) in [6, 6.07) is 4.60. The van der Waals surface area contributed by atoms with Crippen LogP contribution in [0.5, 0.6) is 0 Å². The van der Waals surface area contributed by atoms with Gasteiger partial charge in [0.25, 0.3) is 0 Å². The molecule has 1 N–H and O–H groups in total. The maximum absolute atomic E-state index is 11.7. The number of rotatable bonds is 4. The normalized spacial score (nSPS) is 11.4. The summed E-state index contributed by atoms with van der Waals surface area (Å²) in [6.45, 7) is 1.99. The molecule has 0 fully saturated rings. The van der Waals surface area contributed by atoms with Gasteiger partial charge in [-0.25, -0.2) is 8.42 Å². The molecule has 0 unspecified atom stereocenters. The summed E-state index contributed by atoms with van der Waals surface area (Å²) >= 11 is 0. The van der Waals surface area contributed by atoms with Crippen LogP contribution in [0.25, 0.3) is 0 Å². The Hall–Kier alpha value is -1.20. The van der Waals surface area contributed by atoms with Gasteiger partial charge >= 0.3 is 0 Å². The van der Waals surface area contributed by atoms with E-state index in [1.54, 1.807) is 20.0 Å². The van der Waals surface area contributed by atoms with Crippen LogP contribution in [0.2, 0.25) is 0 Å². The van der Waals surface area contributed by atoms with Gasteiger partial charge in [-0.05, 0) is 31.7 Å². The van der Waals surface area contributed by atoms with Gasteiger partial charge < -0.3 is 5.32 Å². The summed E-state index contributed by atoms with van der Waals surface area (Å²) in [6.07, 6.45) is 1.13. The molecule has 5 heteroatoms. The monoisotopic (exact) mass is 241 g/mol. The average molecular weight is 241 g/mol. The molecule has 0 heterocycles. The first kappa shape index (κ1) is 12.9. The van der Waals surface area contributed by atoms with Crippen molar-refractivity contribution in [3.63, 3.8) is 0 Å². The Labute approximate surface area is 95.6 Å². The molecule has 0 amide bonds. The van der Waals surface area contributed by atoms with Crippen LogP contribution in [0.1, 0.15) is 15.9 Å². The second-order valence-electron chi connectivity index (χ2n) is 3.70. The summed E-state index contributed by atoms with van der Waals surface area (Å²) in [7, 11) is -1.59. The average Bonchev–Trinajstić information content (AvgIpc) is 2.16. The lowest BCUT2D eigenvalue weighted by atomic mass is 10.1. The number of likely N-dealkylation sites (N-methyl/N-ethyl adjacent to an activating group) is 1. The minimum Gasteiger partial charge on any atom is -0.313 e. The third-order valence-electron chi connectivity index (χ3n) is 2.27. The Morgan fingerprint density at radius 2 is 2.00 bits per heavy atom. The van der Waals surface area contributed by atoms with Crippen molar-refractivity contribution in [1.29, 1.82) is 0 Å². The summed E-state index contributed by atoms with van der Waals surface area (Å²) in [4.78, 5) is 11.9. The molecule has 0 aromatic heterocycles. The molecule has 0 saturated heterocycles. The summed E-state index contributed by atoms with van der Waals surface area (Å²) < 4.78 is 22.7. The molecule has 0 aliphatic rings. The molecule has 0 radical (unpaired) electrons. The van der Waals surface area contributed by atoms with Crippen molar-refractivity contribution in [1.82, 2.24) is 5.32 Å². The van der Waals surface area contributed by atoms with E-state index >= 15 is 0 Å². The van der Waals surface area contributed by atoms with Crippen molar-refractivity contribution in [2.24, 2.45) is 0 Å². The van der Waals surface area contributed by atoms with E-state index < -0.39 is 9.84 Å². The molecular weight excluding hydrogens is 226 g/mol. The van der Waals surface area contributed by atoms with E-state index in [0.29, 0.717) is 5.56 Å². The highest BCUT2D eigenvalue weighted by Gasteiger charge is 2.13. The fraction of sp³-hybridized carbons (Fsp3) is 0.364. The van der Waals surface area contributed by atoms with Gasteiger partial charge in [-0.1, -0.05) is 6.07 Å². The smallest absolute Gasteiger partial charge is 0.176 e. The molecule has 0 bridgehead atoms. The van der Waals surface area contributed by atoms with E-state index in [2.05, 4.69) is 5.32 Å². The summed E-state index contributed by atoms with van der Waals surface area (Å²) in [5.41, 5.74) is 1.24. The van der Waals surface area contributed by atoms with Crippen LogP contribution < -0.4 is 5.32 Å². The number of benzene rings is 1. The van der Waals surface area contributed by atoms with Crippen LogP contribution in [-0.2, 0) is 9.84 Å². The van der Waals surface area contributed by atoms with Crippen LogP contribution in [0.4, 0.5) is 0 Å². The first-order valence-corrected chi connectivity index (χ1v) is 6.74. The molecule has 1 aromatic carbocycles. The molecule has 16 heavy (non-hydrogen) atoms. The lowest BCUT2D eigenvalue weighted by molar-refractivity contribution is 0.0993. The SMILES string of the molecule is CNCC(=O)c1cc(S(C)(=O)=O)ccc1C. The predicted octanol–water partition coefficient (Wildman–Crippen LogP) is 0.801. The zero-order chi connectivity index (χ0) is 12.3. The van der Waals surface area contributed by atoms with E-state index in [1.807, 2.05) is 0 Å². The summed E-state index contributed by atoms with van der Waals surface area (Å²) in [5, 5.41) is 2.75. The maximum atomic E-state index is 11.7. The van der Waals surface area contributed by atoms with Gasteiger partial charge in [0, 0.05) is 11.8 Å². The highest BCUT2D eigenvalue weighted by atomic mass is 32.2. The maximum Gasteiger partial charge on any atom is 0.176 e. The Balaban J connectivity index is 3.24. The number of carbonyl (C=O) groups is 1. The third-order valence-corrected chi connectivity index (χ3v) is 3.39. The highest BCUT2D eigenvalue weighted by molar-refractivity contribution is 7.90. The van der Waals surface area contributed by atoms with Crippen molar-refractivity contribution in [3.8, 4) is 0 Å². The van der Waals surface area contributed by atoms with Crippen molar-refractivity contribution < 1.29 is 13.2 Å². The molecular formula is C11H15NO3S. The fourth-order valence-corrected chi connectivity index (χ4v) is 2.04. The number of nitrogens with one attached hydrogen (secondary N) is 1. The van der Waals surface area contributed by atoms with E-state index in [9.17, 15) is 13.2 Å². The van der Waals surface area contributed by atoms with Crippen molar-refractivity contribution in [3.05, 3.63) is 29.3 Å². The largest absolute Gasteiger partial charge is 0.313 e. The number of Topliss-reactive ketones (excluding diaryl/α,β-unsaturated/α-hetero) is 1. The van der Waals surface area contributed by atoms with Crippen LogP contribution in [0.3, 0.4) is 0 Å². The molecule has 88 valence electrons. The minimum absolute atomic E-state index is 0.106. The second-order valence-corrected chi connectivity index (χ2v) is 5.72. The zero-order valence-electron chi connectivity index (χ0n) is 9.57. The molecule has 0 aliphatic carbocycles. The highest BCUT2D eigenvalue weighted by Crippen LogP contribution is 2.15. The Morgan fingerprint density at radius 3 is 2.50 bits per heavy atom. The molecule has 0 saturated carbocycles. The number of sulfone groups is 1. The van der Waals surface area contributed by atoms with Gasteiger partial charge in [-0.3, -0.25) is 4.79 Å². The molecule has 1 rings (SSSR count).